The molecule has 2 N–H and O–H groups in total. The molecule has 1 amide bonds. The van der Waals surface area contributed by atoms with Gasteiger partial charge in [-0.15, -0.1) is 0 Å². The first-order valence-electron chi connectivity index (χ1n) is 10.1. The average Bonchev–Trinajstić information content (AvgIpc) is 2.70. The monoisotopic (exact) mass is 413 g/mol. The van der Waals surface area contributed by atoms with Gasteiger partial charge < -0.3 is 25.0 Å². The second kappa shape index (κ2) is 8.39. The molecule has 2 fully saturated rings. The molecular weight excluding hydrogens is 386 g/mol. The third-order valence-corrected chi connectivity index (χ3v) is 5.68. The number of hydrogen-bond acceptors (Lipinski definition) is 9. The fourth-order valence-electron chi connectivity index (χ4n) is 3.62. The molecule has 2 aromatic rings. The number of morpholine rings is 1. The maximum atomic E-state index is 11.5. The lowest BCUT2D eigenvalue weighted by atomic mass is 9.88. The van der Waals surface area contributed by atoms with Gasteiger partial charge in [0, 0.05) is 63.4 Å². The zero-order valence-corrected chi connectivity index (χ0v) is 17.5. The smallest absolute Gasteiger partial charge is 0.229 e. The topological polar surface area (TPSA) is 120 Å². The Balaban J connectivity index is 1.58. The van der Waals surface area contributed by atoms with E-state index in [0.29, 0.717) is 37.3 Å². The van der Waals surface area contributed by atoms with Crippen molar-refractivity contribution in [1.29, 1.82) is 0 Å². The second-order valence-electron chi connectivity index (χ2n) is 7.83. The van der Waals surface area contributed by atoms with Gasteiger partial charge in [-0.3, -0.25) is 4.79 Å². The van der Waals surface area contributed by atoms with Gasteiger partial charge in [0.25, 0.3) is 0 Å². The molecule has 30 heavy (non-hydrogen) atoms. The number of anilines is 2. The molecule has 1 atom stereocenters. The lowest BCUT2D eigenvalue weighted by molar-refractivity contribution is -0.133. The summed E-state index contributed by atoms with van der Waals surface area (Å²) in [6, 6.07) is 2.16. The van der Waals surface area contributed by atoms with Crippen LogP contribution in [0.15, 0.2) is 18.5 Å². The van der Waals surface area contributed by atoms with Crippen molar-refractivity contribution >= 4 is 17.8 Å². The summed E-state index contributed by atoms with van der Waals surface area (Å²) in [6.45, 7) is 5.61. The molecule has 2 aromatic heterocycles. The molecule has 0 spiro atoms. The number of amides is 1. The average molecular weight is 413 g/mol. The number of nitrogens with two attached hydrogens (primary N) is 1. The van der Waals surface area contributed by atoms with Crippen molar-refractivity contribution in [3.63, 3.8) is 0 Å². The second-order valence-corrected chi connectivity index (χ2v) is 7.83. The van der Waals surface area contributed by atoms with E-state index in [4.69, 9.17) is 20.2 Å². The van der Waals surface area contributed by atoms with Gasteiger partial charge in [-0.05, 0) is 6.92 Å². The van der Waals surface area contributed by atoms with E-state index in [1.165, 1.54) is 0 Å². The summed E-state index contributed by atoms with van der Waals surface area (Å²) < 4.78 is 11.7. The van der Waals surface area contributed by atoms with Gasteiger partial charge in [0.2, 0.25) is 23.7 Å². The van der Waals surface area contributed by atoms with Crippen LogP contribution in [-0.4, -0.2) is 75.7 Å². The van der Waals surface area contributed by atoms with Crippen LogP contribution < -0.4 is 15.4 Å². The normalized spacial score (nSPS) is 23.6. The van der Waals surface area contributed by atoms with E-state index < -0.39 is 0 Å². The molecule has 10 nitrogen and oxygen atoms in total. The Bertz CT molecular complexity index is 902. The van der Waals surface area contributed by atoms with Crippen molar-refractivity contribution < 1.29 is 14.3 Å². The predicted molar refractivity (Wildman–Crippen MR) is 111 cm³/mol. The summed E-state index contributed by atoms with van der Waals surface area (Å²) in [6.07, 6.45) is 4.86. The Morgan fingerprint density at radius 2 is 2.03 bits per heavy atom. The highest BCUT2D eigenvalue weighted by Gasteiger charge is 2.35. The van der Waals surface area contributed by atoms with Crippen LogP contribution in [-0.2, 0) is 9.53 Å². The van der Waals surface area contributed by atoms with Gasteiger partial charge in [-0.2, -0.15) is 4.98 Å². The van der Waals surface area contributed by atoms with Crippen LogP contribution in [0.2, 0.25) is 0 Å². The summed E-state index contributed by atoms with van der Waals surface area (Å²) in [7, 11) is 1.82. The Hall–Kier alpha value is -3.01. The third-order valence-electron chi connectivity index (χ3n) is 5.68. The molecular formula is C20H27N7O3. The van der Waals surface area contributed by atoms with E-state index in [2.05, 4.69) is 26.8 Å². The fourth-order valence-corrected chi connectivity index (χ4v) is 3.62. The molecule has 4 rings (SSSR count). The SMILES string of the molecule is CC(=O)N(C)[C@H]1C[C@H](Oc2cc(-c3cnc(N)nc3)nc(N3CCOC[C@@H]3C)n2)C1. The van der Waals surface area contributed by atoms with Crippen LogP contribution >= 0.6 is 0 Å². The lowest BCUT2D eigenvalue weighted by Gasteiger charge is -2.40. The Morgan fingerprint density at radius 1 is 1.30 bits per heavy atom. The molecule has 1 aliphatic heterocycles. The Labute approximate surface area is 175 Å². The number of aromatic nitrogens is 4. The van der Waals surface area contributed by atoms with E-state index in [1.807, 2.05) is 7.05 Å². The summed E-state index contributed by atoms with van der Waals surface area (Å²) in [4.78, 5) is 33.0. The van der Waals surface area contributed by atoms with E-state index in [9.17, 15) is 4.79 Å². The molecule has 0 radical (unpaired) electrons. The summed E-state index contributed by atoms with van der Waals surface area (Å²) in [5.74, 6) is 1.36. The maximum Gasteiger partial charge on any atom is 0.229 e. The largest absolute Gasteiger partial charge is 0.474 e. The third kappa shape index (κ3) is 4.28. The number of carbonyl (C=O) groups excluding carboxylic acids is 1. The number of carbonyl (C=O) groups is 1. The van der Waals surface area contributed by atoms with E-state index in [0.717, 1.165) is 18.4 Å². The van der Waals surface area contributed by atoms with Gasteiger partial charge in [-0.25, -0.2) is 15.0 Å². The van der Waals surface area contributed by atoms with Gasteiger partial charge in [-0.1, -0.05) is 0 Å². The fraction of sp³-hybridized carbons (Fsp3) is 0.550. The summed E-state index contributed by atoms with van der Waals surface area (Å²) in [5.41, 5.74) is 7.03. The van der Waals surface area contributed by atoms with Crippen molar-refractivity contribution in [2.75, 3.05) is 37.4 Å². The van der Waals surface area contributed by atoms with Crippen molar-refractivity contribution in [3.8, 4) is 17.1 Å². The molecule has 0 bridgehead atoms. The van der Waals surface area contributed by atoms with Crippen molar-refractivity contribution in [2.24, 2.45) is 0 Å². The minimum Gasteiger partial charge on any atom is -0.474 e. The Kier molecular flexibility index (Phi) is 5.67. The van der Waals surface area contributed by atoms with Crippen LogP contribution in [0, 0.1) is 0 Å². The van der Waals surface area contributed by atoms with E-state index in [1.54, 1.807) is 30.3 Å². The van der Waals surface area contributed by atoms with E-state index in [-0.39, 0.29) is 30.0 Å². The number of nitrogens with zero attached hydrogens (tertiary/aromatic N) is 6. The van der Waals surface area contributed by atoms with Gasteiger partial charge >= 0.3 is 0 Å². The van der Waals surface area contributed by atoms with Crippen molar-refractivity contribution in [1.82, 2.24) is 24.8 Å². The van der Waals surface area contributed by atoms with Crippen LogP contribution in [0.3, 0.4) is 0 Å². The minimum absolute atomic E-state index is 0.0113. The molecule has 1 saturated carbocycles. The molecule has 0 aromatic carbocycles. The lowest BCUT2D eigenvalue weighted by Crippen LogP contribution is -2.49. The molecule has 3 heterocycles. The summed E-state index contributed by atoms with van der Waals surface area (Å²) in [5, 5.41) is 0. The van der Waals surface area contributed by atoms with Gasteiger partial charge in [0.05, 0.1) is 24.9 Å². The van der Waals surface area contributed by atoms with Crippen LogP contribution in [0.1, 0.15) is 26.7 Å². The molecule has 1 aliphatic carbocycles. The quantitative estimate of drug-likeness (QED) is 0.769. The maximum absolute atomic E-state index is 11.5. The molecule has 1 saturated heterocycles. The number of rotatable bonds is 5. The zero-order valence-electron chi connectivity index (χ0n) is 17.5. The van der Waals surface area contributed by atoms with Crippen molar-refractivity contribution in [3.05, 3.63) is 18.5 Å². The number of hydrogen-bond donors (Lipinski definition) is 1. The van der Waals surface area contributed by atoms with Crippen LogP contribution in [0.5, 0.6) is 5.88 Å². The first-order valence-corrected chi connectivity index (χ1v) is 10.1. The molecule has 160 valence electrons. The first-order chi connectivity index (χ1) is 14.4. The summed E-state index contributed by atoms with van der Waals surface area (Å²) >= 11 is 0. The van der Waals surface area contributed by atoms with Crippen molar-refractivity contribution in [2.45, 2.75) is 44.9 Å². The van der Waals surface area contributed by atoms with Gasteiger partial charge in [0.1, 0.15) is 6.10 Å². The van der Waals surface area contributed by atoms with E-state index >= 15 is 0 Å². The molecule has 10 heteroatoms. The van der Waals surface area contributed by atoms with Crippen LogP contribution in [0.25, 0.3) is 11.3 Å². The minimum atomic E-state index is 0.0113. The van der Waals surface area contributed by atoms with Crippen LogP contribution in [0.4, 0.5) is 11.9 Å². The highest BCUT2D eigenvalue weighted by atomic mass is 16.5. The number of ether oxygens (including phenoxy) is 2. The standard InChI is InChI=1S/C20H27N7O3/c1-12-11-29-5-4-27(12)20-24-17(14-9-22-19(21)23-10-14)8-18(25-20)30-16-6-15(7-16)26(3)13(2)28/h8-10,12,15-16H,4-7,11H2,1-3H3,(H2,21,22,23)/t12-,15-,16-/m0/s1. The number of nitrogen functional groups attached to an aromatic ring is 1. The zero-order chi connectivity index (χ0) is 21.3. The first kappa shape index (κ1) is 20.3. The Morgan fingerprint density at radius 3 is 2.70 bits per heavy atom. The molecule has 2 aliphatic rings. The predicted octanol–water partition coefficient (Wildman–Crippen LogP) is 1.13. The highest BCUT2D eigenvalue weighted by molar-refractivity contribution is 5.73. The molecule has 0 unspecified atom stereocenters. The highest BCUT2D eigenvalue weighted by Crippen LogP contribution is 2.31. The van der Waals surface area contributed by atoms with Gasteiger partial charge in [0.15, 0.2) is 0 Å².